The van der Waals surface area contributed by atoms with Gasteiger partial charge in [0, 0.05) is 132 Å². The average Bonchev–Trinajstić information content (AvgIpc) is 1.58. The minimum Gasteiger partial charge on any atom is -0.455 e. The number of fused-ring (bicyclic) bond motifs is 12. The van der Waals surface area contributed by atoms with Crippen molar-refractivity contribution in [3.8, 4) is 66.8 Å². The molecule has 0 bridgehead atoms. The highest BCUT2D eigenvalue weighted by molar-refractivity contribution is 6.30. The summed E-state index contributed by atoms with van der Waals surface area (Å²) in [6.07, 6.45) is 0. The molecular weight excluding hydrogens is 1800 g/mol. The second-order valence-corrected chi connectivity index (χ2v) is 38.3. The summed E-state index contributed by atoms with van der Waals surface area (Å²) in [5, 5.41) is 23.5. The number of nitrogens with zero attached hydrogens (tertiary/aromatic N) is 4. The van der Waals surface area contributed by atoms with Crippen LogP contribution in [0.2, 0.25) is 0 Å². The van der Waals surface area contributed by atoms with Crippen molar-refractivity contribution in [1.82, 2.24) is 0 Å². The first-order valence-corrected chi connectivity index (χ1v) is 50.5. The predicted molar refractivity (Wildman–Crippen MR) is 621 cm³/mol. The number of benzene rings is 26. The molecule has 0 saturated carbocycles. The summed E-state index contributed by atoms with van der Waals surface area (Å²) >= 11 is 0. The minimum atomic E-state index is 0.894. The van der Waals surface area contributed by atoms with Gasteiger partial charge in [0.15, 0.2) is 0 Å². The Bertz CT molecular complexity index is 9750. The fraction of sp³-hybridized carbons (Fsp3) is 0. The van der Waals surface area contributed by atoms with E-state index in [1.165, 1.54) is 86.9 Å². The lowest BCUT2D eigenvalue weighted by molar-refractivity contribution is 0.669. The number of hydrogen-bond donors (Lipinski definition) is 0. The number of furan rings is 4. The van der Waals surface area contributed by atoms with Crippen molar-refractivity contribution in [3.63, 3.8) is 0 Å². The van der Waals surface area contributed by atoms with E-state index < -0.39 is 0 Å². The van der Waals surface area contributed by atoms with Crippen LogP contribution in [0.25, 0.3) is 219 Å². The summed E-state index contributed by atoms with van der Waals surface area (Å²) in [7, 11) is 0. The lowest BCUT2D eigenvalue weighted by Crippen LogP contribution is -2.11. The molecule has 8 heteroatoms. The van der Waals surface area contributed by atoms with E-state index in [4.69, 9.17) is 17.7 Å². The van der Waals surface area contributed by atoms with Gasteiger partial charge in [0.25, 0.3) is 0 Å². The third kappa shape index (κ3) is 14.3. The van der Waals surface area contributed by atoms with E-state index in [0.29, 0.717) is 0 Å². The topological polar surface area (TPSA) is 65.5 Å². The van der Waals surface area contributed by atoms with E-state index in [1.807, 2.05) is 48.5 Å². The molecule has 692 valence electrons. The van der Waals surface area contributed by atoms with E-state index in [1.54, 1.807) is 0 Å². The molecule has 0 amide bonds. The van der Waals surface area contributed by atoms with Gasteiger partial charge >= 0.3 is 0 Å². The lowest BCUT2D eigenvalue weighted by atomic mass is 9.91. The number of para-hydroxylation sites is 10. The normalized spacial score (nSPS) is 11.8. The zero-order valence-corrected chi connectivity index (χ0v) is 80.2. The first kappa shape index (κ1) is 85.0. The van der Waals surface area contributed by atoms with Gasteiger partial charge < -0.3 is 37.3 Å². The molecule has 30 aromatic rings. The van der Waals surface area contributed by atoms with Gasteiger partial charge in [0.1, 0.15) is 44.7 Å². The minimum absolute atomic E-state index is 0.894. The molecule has 0 aliphatic rings. The molecule has 30 rings (SSSR count). The smallest absolute Gasteiger partial charge is 0.143 e. The quantitative estimate of drug-likeness (QED) is 0.0788. The molecule has 0 atom stereocenters. The summed E-state index contributed by atoms with van der Waals surface area (Å²) in [6.45, 7) is 0. The van der Waals surface area contributed by atoms with Crippen LogP contribution in [0, 0.1) is 0 Å². The van der Waals surface area contributed by atoms with Crippen LogP contribution in [0.3, 0.4) is 0 Å². The van der Waals surface area contributed by atoms with Crippen molar-refractivity contribution in [2.45, 2.75) is 0 Å². The van der Waals surface area contributed by atoms with Crippen LogP contribution in [0.1, 0.15) is 0 Å². The Hall–Kier alpha value is -19.8. The standard InChI is InChI=1S/C76H48N2O2.C64H40N2O2/c1-3-13-49(14-4-1)51-25-37-57(38-26-51)77(59-41-29-53(30-42-59)61-19-11-21-65-63-17-7-9-23-71(63)79-75(61)65)69-47-35-55-34-46-68-70(48-36-56-33-45-67(69)73(55)74(56)68)78(58-39-27-52(28-40-58)50-15-5-2-6-16-50)60-43-31-54(32-44-60)62-20-12-22-66-64-18-8-10-24-72(64)80-76(62)66;1-3-13-45(14-4-1)65(47-33-25-41(26-34-47)49-19-11-21-53-51-17-7-9-23-59(51)67-63(49)53)57-39-31-43-30-38-56-58(40-32-44-29-37-55(57)61(43)62(44)56)66(46-15-5-2-6-16-46)48-35-27-42(28-36-48)50-20-12-22-54-52-18-8-10-24-60(52)68-64(50)54/h1-48H;1-40H. The molecule has 0 fully saturated rings. The molecule has 4 heterocycles. The van der Waals surface area contributed by atoms with Crippen molar-refractivity contribution in [2.75, 3.05) is 19.6 Å². The highest BCUT2D eigenvalue weighted by atomic mass is 16.3. The highest BCUT2D eigenvalue weighted by Gasteiger charge is 2.29. The van der Waals surface area contributed by atoms with Crippen LogP contribution in [0.4, 0.5) is 68.2 Å². The Balaban J connectivity index is 0.000000141. The van der Waals surface area contributed by atoms with Crippen LogP contribution >= 0.6 is 0 Å². The van der Waals surface area contributed by atoms with E-state index >= 15 is 0 Å². The molecule has 0 aliphatic carbocycles. The zero-order chi connectivity index (χ0) is 97.4. The fourth-order valence-electron chi connectivity index (χ4n) is 23.1. The Morgan fingerprint density at radius 2 is 0.297 bits per heavy atom. The molecule has 0 spiro atoms. The van der Waals surface area contributed by atoms with E-state index in [2.05, 4.69) is 505 Å². The second-order valence-electron chi connectivity index (χ2n) is 38.3. The maximum atomic E-state index is 6.53. The molecule has 148 heavy (non-hydrogen) atoms. The second kappa shape index (κ2) is 35.1. The summed E-state index contributed by atoms with van der Waals surface area (Å²) in [4.78, 5) is 9.62. The van der Waals surface area contributed by atoms with E-state index in [9.17, 15) is 0 Å². The van der Waals surface area contributed by atoms with Gasteiger partial charge in [-0.3, -0.25) is 0 Å². The van der Waals surface area contributed by atoms with Crippen molar-refractivity contribution in [3.05, 3.63) is 534 Å². The molecule has 0 radical (unpaired) electrons. The summed E-state index contributed by atoms with van der Waals surface area (Å²) in [6, 6.07) is 192. The third-order valence-corrected chi connectivity index (χ3v) is 30.1. The molecule has 0 aliphatic heterocycles. The third-order valence-electron chi connectivity index (χ3n) is 30.1. The van der Waals surface area contributed by atoms with Crippen LogP contribution in [0.15, 0.2) is 552 Å². The van der Waals surface area contributed by atoms with E-state index in [-0.39, 0.29) is 0 Å². The van der Waals surface area contributed by atoms with Gasteiger partial charge in [0.05, 0.1) is 22.7 Å². The van der Waals surface area contributed by atoms with Crippen molar-refractivity contribution in [2.24, 2.45) is 0 Å². The largest absolute Gasteiger partial charge is 0.455 e. The number of hydrogen-bond acceptors (Lipinski definition) is 8. The first-order chi connectivity index (χ1) is 73.4. The van der Waals surface area contributed by atoms with Gasteiger partial charge in [-0.05, 0) is 233 Å². The van der Waals surface area contributed by atoms with Crippen LogP contribution in [0.5, 0.6) is 0 Å². The average molecular weight is 1890 g/mol. The SMILES string of the molecule is c1ccc(-c2ccc(N(c3ccc(-c4cccc5c4oc4ccccc45)cc3)c3ccc4ccc5c(N(c6ccc(-c7ccccc7)cc6)c6ccc(-c7cccc8c7oc7ccccc78)cc6)ccc6ccc3c4c65)cc2)cc1.c1ccc(N(c2ccc(-c3cccc4c3oc3ccccc34)cc2)c2ccc3ccc4c(N(c5ccccc5)c5ccc(-c6cccc7c6oc6ccccc67)cc5)ccc5ccc2c3c54)cc1. The van der Waals surface area contributed by atoms with Crippen LogP contribution < -0.4 is 19.6 Å². The number of anilines is 12. The van der Waals surface area contributed by atoms with Gasteiger partial charge in [-0.1, -0.05) is 388 Å². The van der Waals surface area contributed by atoms with Crippen molar-refractivity contribution < 1.29 is 17.7 Å². The monoisotopic (exact) mass is 1890 g/mol. The summed E-state index contributed by atoms with van der Waals surface area (Å²) in [5.41, 5.74) is 33.6. The first-order valence-electron chi connectivity index (χ1n) is 50.5. The fourth-order valence-corrected chi connectivity index (χ4v) is 23.1. The van der Waals surface area contributed by atoms with Crippen molar-refractivity contribution >= 4 is 221 Å². The van der Waals surface area contributed by atoms with Gasteiger partial charge in [-0.15, -0.1) is 0 Å². The lowest BCUT2D eigenvalue weighted by Gasteiger charge is -2.29. The summed E-state index contributed by atoms with van der Waals surface area (Å²) < 4.78 is 26.0. The maximum Gasteiger partial charge on any atom is 0.143 e. The molecule has 0 unspecified atom stereocenters. The zero-order valence-electron chi connectivity index (χ0n) is 80.2. The molecule has 8 nitrogen and oxygen atoms in total. The van der Waals surface area contributed by atoms with E-state index in [0.717, 1.165) is 201 Å². The Morgan fingerprint density at radius 3 is 0.534 bits per heavy atom. The molecule has 0 N–H and O–H groups in total. The van der Waals surface area contributed by atoms with Crippen LogP contribution in [-0.4, -0.2) is 0 Å². The number of rotatable bonds is 18. The van der Waals surface area contributed by atoms with Gasteiger partial charge in [-0.25, -0.2) is 0 Å². The molecule has 0 saturated heterocycles. The van der Waals surface area contributed by atoms with Crippen LogP contribution in [-0.2, 0) is 0 Å². The Morgan fingerprint density at radius 1 is 0.115 bits per heavy atom. The summed E-state index contributed by atoms with van der Waals surface area (Å²) in [5.74, 6) is 0. The van der Waals surface area contributed by atoms with Crippen molar-refractivity contribution in [1.29, 1.82) is 0 Å². The Labute approximate surface area is 852 Å². The highest BCUT2D eigenvalue weighted by Crippen LogP contribution is 2.54. The maximum absolute atomic E-state index is 6.53. The van der Waals surface area contributed by atoms with Gasteiger partial charge in [0.2, 0.25) is 0 Å². The molecular formula is C140H88N4O4. The Kier molecular flexibility index (Phi) is 20.2. The molecule has 4 aromatic heterocycles. The molecule has 26 aromatic carbocycles. The predicted octanol–water partition coefficient (Wildman–Crippen LogP) is 40.6. The van der Waals surface area contributed by atoms with Gasteiger partial charge in [-0.2, -0.15) is 0 Å².